The second-order valence-electron chi connectivity index (χ2n) is 8.43. The van der Waals surface area contributed by atoms with Crippen LogP contribution in [0.1, 0.15) is 52.0 Å². The van der Waals surface area contributed by atoms with Crippen molar-refractivity contribution in [2.24, 2.45) is 0 Å². The molecule has 0 bridgehead atoms. The minimum atomic E-state index is -0.172. The van der Waals surface area contributed by atoms with Gasteiger partial charge >= 0.3 is 0 Å². The minimum Gasteiger partial charge on any atom is -0.489 e. The summed E-state index contributed by atoms with van der Waals surface area (Å²) in [7, 11) is 1.52. The summed E-state index contributed by atoms with van der Waals surface area (Å²) in [5.74, 6) is 1.45. The first kappa shape index (κ1) is 24.4. The fourth-order valence-electron chi connectivity index (χ4n) is 3.74. The Morgan fingerprint density at radius 2 is 1.76 bits per heavy atom. The number of pyridine rings is 1. The van der Waals surface area contributed by atoms with Crippen LogP contribution in [0.5, 0.6) is 17.2 Å². The Balaban J connectivity index is 2.02. The Morgan fingerprint density at radius 3 is 2.45 bits per heavy atom. The number of fused-ring (bicyclic) bond motifs is 1. The lowest BCUT2D eigenvalue weighted by atomic mass is 10.1. The molecule has 3 aromatic rings. The van der Waals surface area contributed by atoms with E-state index in [2.05, 4.69) is 6.92 Å². The molecule has 33 heavy (non-hydrogen) atoms. The van der Waals surface area contributed by atoms with Crippen LogP contribution < -0.4 is 19.8 Å². The Kier molecular flexibility index (Phi) is 8.99. The fraction of sp³-hybridized carbons (Fsp3) is 0.393. The third kappa shape index (κ3) is 6.41. The van der Waals surface area contributed by atoms with Gasteiger partial charge in [-0.25, -0.2) is 0 Å². The summed E-state index contributed by atoms with van der Waals surface area (Å²) in [5, 5.41) is 0.844. The zero-order valence-corrected chi connectivity index (χ0v) is 20.2. The number of hydrogen-bond acceptors (Lipinski definition) is 4. The van der Waals surface area contributed by atoms with Gasteiger partial charge in [-0.15, -0.1) is 0 Å². The van der Waals surface area contributed by atoms with E-state index < -0.39 is 0 Å². The zero-order valence-electron chi connectivity index (χ0n) is 20.2. The molecule has 0 saturated carbocycles. The van der Waals surface area contributed by atoms with Crippen LogP contribution in [0, 0.1) is 0 Å². The van der Waals surface area contributed by atoms with Gasteiger partial charge < -0.3 is 18.8 Å². The summed E-state index contributed by atoms with van der Waals surface area (Å²) in [6.45, 7) is 7.68. The first-order valence-electron chi connectivity index (χ1n) is 11.7. The van der Waals surface area contributed by atoms with Gasteiger partial charge in [0.15, 0.2) is 5.75 Å². The highest BCUT2D eigenvalue weighted by Gasteiger charge is 2.19. The van der Waals surface area contributed by atoms with Gasteiger partial charge in [0, 0.05) is 18.0 Å². The number of nitrogens with zero attached hydrogens (tertiary/aromatic N) is 1. The molecule has 0 saturated heterocycles. The largest absolute Gasteiger partial charge is 0.489 e. The van der Waals surface area contributed by atoms with Crippen molar-refractivity contribution in [3.63, 3.8) is 0 Å². The molecule has 1 heterocycles. The third-order valence-electron chi connectivity index (χ3n) is 5.56. The molecule has 0 amide bonds. The zero-order chi connectivity index (χ0) is 23.6. The highest BCUT2D eigenvalue weighted by molar-refractivity contribution is 5.89. The summed E-state index contributed by atoms with van der Waals surface area (Å²) < 4.78 is 19.4. The maximum absolute atomic E-state index is 13.4. The second-order valence-corrected chi connectivity index (χ2v) is 8.43. The van der Waals surface area contributed by atoms with E-state index in [4.69, 9.17) is 14.2 Å². The molecule has 0 unspecified atom stereocenters. The number of hydrogen-bond donors (Lipinski definition) is 0. The van der Waals surface area contributed by atoms with E-state index in [1.807, 2.05) is 68.5 Å². The second kappa shape index (κ2) is 12.1. The summed E-state index contributed by atoms with van der Waals surface area (Å²) in [6, 6.07) is 15.9. The number of ether oxygens (including phenoxy) is 3. The number of allylic oxidation sites excluding steroid dienone is 1. The molecule has 2 aromatic carbocycles. The molecule has 176 valence electrons. The average molecular weight is 450 g/mol. The van der Waals surface area contributed by atoms with Crippen molar-refractivity contribution < 1.29 is 14.2 Å². The van der Waals surface area contributed by atoms with Gasteiger partial charge in [-0.3, -0.25) is 4.79 Å². The summed E-state index contributed by atoms with van der Waals surface area (Å²) in [6.07, 6.45) is 6.29. The van der Waals surface area contributed by atoms with Gasteiger partial charge in [0.1, 0.15) is 19.0 Å². The van der Waals surface area contributed by atoms with Gasteiger partial charge in [0.2, 0.25) is 5.75 Å². The van der Waals surface area contributed by atoms with Gasteiger partial charge in [-0.1, -0.05) is 62.1 Å². The van der Waals surface area contributed by atoms with Crippen molar-refractivity contribution in [3.8, 4) is 17.2 Å². The smallest absolute Gasteiger partial charge is 0.297 e. The molecule has 0 aliphatic carbocycles. The van der Waals surface area contributed by atoms with E-state index in [-0.39, 0.29) is 11.3 Å². The quantitative estimate of drug-likeness (QED) is 0.233. The van der Waals surface area contributed by atoms with E-state index in [0.717, 1.165) is 47.7 Å². The van der Waals surface area contributed by atoms with Crippen molar-refractivity contribution in [2.75, 3.05) is 13.7 Å². The monoisotopic (exact) mass is 449 g/mol. The summed E-state index contributed by atoms with van der Waals surface area (Å²) in [5.41, 5.74) is 2.87. The predicted octanol–water partition coefficient (Wildman–Crippen LogP) is 6.51. The lowest BCUT2D eigenvalue weighted by Gasteiger charge is -2.18. The van der Waals surface area contributed by atoms with Crippen molar-refractivity contribution in [2.45, 2.75) is 59.6 Å². The maximum atomic E-state index is 13.4. The predicted molar refractivity (Wildman–Crippen MR) is 135 cm³/mol. The fourth-order valence-corrected chi connectivity index (χ4v) is 3.74. The van der Waals surface area contributed by atoms with E-state index in [1.165, 1.54) is 7.11 Å². The number of aryl methyl sites for hydroxylation is 1. The van der Waals surface area contributed by atoms with E-state index in [9.17, 15) is 4.79 Å². The normalized spacial score (nSPS) is 10.8. The first-order valence-corrected chi connectivity index (χ1v) is 11.7. The third-order valence-corrected chi connectivity index (χ3v) is 5.56. The molecule has 3 rings (SSSR count). The van der Waals surface area contributed by atoms with Crippen LogP contribution in [0.3, 0.4) is 0 Å². The van der Waals surface area contributed by atoms with Crippen LogP contribution in [-0.4, -0.2) is 18.3 Å². The molecular weight excluding hydrogens is 414 g/mol. The van der Waals surface area contributed by atoms with Crippen molar-refractivity contribution in [1.29, 1.82) is 0 Å². The molecule has 1 aromatic heterocycles. The SMILES string of the molecule is CCCCCCn1c(=O)c(OC)c(OCC=C(C)C)c2ccc(OCc3ccccc3)cc21. The molecule has 5 heteroatoms. The molecule has 0 spiro atoms. The van der Waals surface area contributed by atoms with Crippen molar-refractivity contribution in [1.82, 2.24) is 4.57 Å². The van der Waals surface area contributed by atoms with Gasteiger partial charge in [-0.2, -0.15) is 0 Å². The van der Waals surface area contributed by atoms with Gasteiger partial charge in [-0.05, 0) is 44.0 Å². The van der Waals surface area contributed by atoms with Crippen molar-refractivity contribution in [3.05, 3.63) is 76.1 Å². The molecule has 0 radical (unpaired) electrons. The van der Waals surface area contributed by atoms with Gasteiger partial charge in [0.25, 0.3) is 5.56 Å². The Hall–Kier alpha value is -3.21. The minimum absolute atomic E-state index is 0.172. The molecule has 0 fully saturated rings. The molecule has 5 nitrogen and oxygen atoms in total. The van der Waals surface area contributed by atoms with Crippen LogP contribution >= 0.6 is 0 Å². The Labute approximate surface area is 196 Å². The topological polar surface area (TPSA) is 49.7 Å². The highest BCUT2D eigenvalue weighted by Crippen LogP contribution is 2.35. The average Bonchev–Trinajstić information content (AvgIpc) is 2.82. The molecule has 0 aliphatic heterocycles. The highest BCUT2D eigenvalue weighted by atomic mass is 16.5. The number of benzene rings is 2. The molecule has 0 N–H and O–H groups in total. The number of rotatable bonds is 12. The van der Waals surface area contributed by atoms with E-state index in [0.29, 0.717) is 31.3 Å². The molecule has 0 aliphatic rings. The number of aromatic nitrogens is 1. The standard InChI is InChI=1S/C28H35NO4/c1-5-6-7-11-17-29-25-19-23(33-20-22-12-9-8-10-13-22)14-15-24(25)26(27(31-4)28(29)30)32-18-16-21(2)3/h8-10,12-16,19H,5-7,11,17-18,20H2,1-4H3. The van der Waals surface area contributed by atoms with Crippen molar-refractivity contribution >= 4 is 10.9 Å². The lowest BCUT2D eigenvalue weighted by molar-refractivity contribution is 0.306. The van der Waals surface area contributed by atoms with Crippen LogP contribution in [0.4, 0.5) is 0 Å². The Bertz CT molecular complexity index is 1130. The van der Waals surface area contributed by atoms with E-state index in [1.54, 1.807) is 4.57 Å². The lowest BCUT2D eigenvalue weighted by Crippen LogP contribution is -2.23. The van der Waals surface area contributed by atoms with Crippen LogP contribution in [0.2, 0.25) is 0 Å². The Morgan fingerprint density at radius 1 is 0.970 bits per heavy atom. The van der Waals surface area contributed by atoms with Gasteiger partial charge in [0.05, 0.1) is 12.6 Å². The number of methoxy groups -OCH3 is 1. The van der Waals surface area contributed by atoms with Crippen LogP contribution in [0.15, 0.2) is 65.0 Å². The van der Waals surface area contributed by atoms with E-state index >= 15 is 0 Å². The van der Waals surface area contributed by atoms with Crippen LogP contribution in [-0.2, 0) is 13.2 Å². The molecule has 0 atom stereocenters. The molecular formula is C28H35NO4. The maximum Gasteiger partial charge on any atom is 0.297 e. The number of unbranched alkanes of at least 4 members (excludes halogenated alkanes) is 3. The summed E-state index contributed by atoms with van der Waals surface area (Å²) >= 11 is 0. The summed E-state index contributed by atoms with van der Waals surface area (Å²) in [4.78, 5) is 13.4. The van der Waals surface area contributed by atoms with Crippen LogP contribution in [0.25, 0.3) is 10.9 Å². The first-order chi connectivity index (χ1) is 16.0.